The molecular formula is C15H8Cl2N4O4. The van der Waals surface area contributed by atoms with Gasteiger partial charge in [0, 0.05) is 11.5 Å². The molecule has 0 aliphatic rings. The summed E-state index contributed by atoms with van der Waals surface area (Å²) in [5.74, 6) is -0.508. The molecule has 0 aliphatic heterocycles. The van der Waals surface area contributed by atoms with Crippen molar-refractivity contribution < 1.29 is 10.0 Å². The Morgan fingerprint density at radius 3 is 2.56 bits per heavy atom. The molecule has 10 heteroatoms. The number of azo groups is 1. The third-order valence-electron chi connectivity index (χ3n) is 3.34. The number of aromatic nitrogens is 1. The summed E-state index contributed by atoms with van der Waals surface area (Å²) in [5, 5.41) is 29.5. The number of rotatable bonds is 3. The molecule has 0 atom stereocenters. The van der Waals surface area contributed by atoms with Crippen LogP contribution in [0.4, 0.5) is 17.1 Å². The van der Waals surface area contributed by atoms with Gasteiger partial charge in [-0.1, -0.05) is 29.3 Å². The van der Waals surface area contributed by atoms with Crippen molar-refractivity contribution in [1.29, 1.82) is 0 Å². The topological polar surface area (TPSA) is 121 Å². The number of nitro groups is 1. The summed E-state index contributed by atoms with van der Waals surface area (Å²) in [6.07, 6.45) is 0. The van der Waals surface area contributed by atoms with E-state index in [2.05, 4.69) is 15.2 Å². The first-order valence-electron chi connectivity index (χ1n) is 6.77. The SMILES string of the molecule is O=c1[nH]c2c([N+](=O)[O-])cccc2c(O)c1N=Nc1ccc(Cl)c(Cl)c1. The molecule has 0 amide bonds. The molecule has 25 heavy (non-hydrogen) atoms. The number of H-pyrrole nitrogens is 1. The van der Waals surface area contributed by atoms with Crippen molar-refractivity contribution in [1.82, 2.24) is 4.98 Å². The molecule has 1 aromatic heterocycles. The quantitative estimate of drug-likeness (QED) is 0.383. The second kappa shape index (κ2) is 6.50. The maximum absolute atomic E-state index is 12.1. The summed E-state index contributed by atoms with van der Waals surface area (Å²) in [4.78, 5) is 24.9. The second-order valence-electron chi connectivity index (χ2n) is 4.91. The molecule has 3 aromatic rings. The van der Waals surface area contributed by atoms with E-state index in [1.807, 2.05) is 0 Å². The third-order valence-corrected chi connectivity index (χ3v) is 4.08. The van der Waals surface area contributed by atoms with E-state index in [1.54, 1.807) is 0 Å². The minimum Gasteiger partial charge on any atom is -0.505 e. The van der Waals surface area contributed by atoms with Gasteiger partial charge in [0.05, 0.1) is 20.7 Å². The van der Waals surface area contributed by atoms with Crippen LogP contribution in [0.15, 0.2) is 51.4 Å². The highest BCUT2D eigenvalue weighted by atomic mass is 35.5. The Morgan fingerprint density at radius 1 is 1.12 bits per heavy atom. The number of hydrogen-bond acceptors (Lipinski definition) is 6. The van der Waals surface area contributed by atoms with Gasteiger partial charge in [-0.2, -0.15) is 5.11 Å². The number of nitrogens with zero attached hydrogens (tertiary/aromatic N) is 3. The highest BCUT2D eigenvalue weighted by molar-refractivity contribution is 6.42. The summed E-state index contributed by atoms with van der Waals surface area (Å²) in [7, 11) is 0. The van der Waals surface area contributed by atoms with Gasteiger partial charge in [-0.25, -0.2) is 0 Å². The van der Waals surface area contributed by atoms with Gasteiger partial charge in [-0.3, -0.25) is 14.9 Å². The number of halogens is 2. The van der Waals surface area contributed by atoms with E-state index in [0.29, 0.717) is 10.7 Å². The standard InChI is InChI=1S/C15H8Cl2N4O4/c16-9-5-4-7(6-10(9)17)19-20-13-14(22)8-2-1-3-11(21(24)25)12(8)18-15(13)23/h1-6H,(H2,18,22,23). The normalized spacial score (nSPS) is 11.3. The molecule has 2 N–H and O–H groups in total. The summed E-state index contributed by atoms with van der Waals surface area (Å²) in [6, 6.07) is 8.49. The number of nitrogens with one attached hydrogen (secondary N) is 1. The van der Waals surface area contributed by atoms with E-state index >= 15 is 0 Å². The maximum atomic E-state index is 12.1. The largest absolute Gasteiger partial charge is 0.505 e. The Balaban J connectivity index is 2.14. The molecule has 0 radical (unpaired) electrons. The zero-order valence-electron chi connectivity index (χ0n) is 12.2. The molecule has 0 saturated heterocycles. The highest BCUT2D eigenvalue weighted by Gasteiger charge is 2.18. The van der Waals surface area contributed by atoms with Crippen LogP contribution in [0, 0.1) is 10.1 Å². The van der Waals surface area contributed by atoms with Crippen LogP contribution < -0.4 is 5.56 Å². The number of non-ortho nitro benzene ring substituents is 1. The number of fused-ring (bicyclic) bond motifs is 1. The first-order valence-corrected chi connectivity index (χ1v) is 7.53. The van der Waals surface area contributed by atoms with E-state index in [1.165, 1.54) is 36.4 Å². The van der Waals surface area contributed by atoms with Gasteiger partial charge >= 0.3 is 0 Å². The average molecular weight is 379 g/mol. The predicted octanol–water partition coefficient (Wildman–Crippen LogP) is 4.86. The Labute approximate surface area is 149 Å². The number of aromatic amines is 1. The smallest absolute Gasteiger partial charge is 0.293 e. The van der Waals surface area contributed by atoms with Crippen molar-refractivity contribution in [3.63, 3.8) is 0 Å². The van der Waals surface area contributed by atoms with Crippen molar-refractivity contribution >= 4 is 51.2 Å². The first-order chi connectivity index (χ1) is 11.9. The second-order valence-corrected chi connectivity index (χ2v) is 5.72. The van der Waals surface area contributed by atoms with Gasteiger partial charge in [0.15, 0.2) is 11.4 Å². The van der Waals surface area contributed by atoms with Crippen LogP contribution in [0.2, 0.25) is 10.0 Å². The summed E-state index contributed by atoms with van der Waals surface area (Å²) in [6.45, 7) is 0. The lowest BCUT2D eigenvalue weighted by Gasteiger charge is -2.04. The number of pyridine rings is 1. The lowest BCUT2D eigenvalue weighted by molar-refractivity contribution is -0.383. The monoisotopic (exact) mass is 378 g/mol. The molecule has 1 heterocycles. The number of nitro benzene ring substituents is 1. The van der Waals surface area contributed by atoms with Crippen LogP contribution in [0.1, 0.15) is 0 Å². The van der Waals surface area contributed by atoms with E-state index in [0.717, 1.165) is 0 Å². The van der Waals surface area contributed by atoms with Crippen LogP contribution >= 0.6 is 23.2 Å². The molecule has 126 valence electrons. The molecule has 0 aliphatic carbocycles. The number of para-hydroxylation sites is 1. The lowest BCUT2D eigenvalue weighted by atomic mass is 10.1. The molecule has 3 rings (SSSR count). The highest BCUT2D eigenvalue weighted by Crippen LogP contribution is 2.35. The molecule has 0 saturated carbocycles. The van der Waals surface area contributed by atoms with Gasteiger partial charge in [0.2, 0.25) is 0 Å². The minimum atomic E-state index is -0.817. The van der Waals surface area contributed by atoms with Gasteiger partial charge in [-0.05, 0) is 24.3 Å². The van der Waals surface area contributed by atoms with E-state index in [4.69, 9.17) is 23.2 Å². The fourth-order valence-corrected chi connectivity index (χ4v) is 2.47. The number of benzene rings is 2. The Kier molecular flexibility index (Phi) is 4.39. The molecule has 0 spiro atoms. The van der Waals surface area contributed by atoms with E-state index < -0.39 is 16.2 Å². The van der Waals surface area contributed by atoms with Crippen LogP contribution in [0.3, 0.4) is 0 Å². The van der Waals surface area contributed by atoms with Crippen molar-refractivity contribution in [3.8, 4) is 5.75 Å². The Bertz CT molecular complexity index is 1090. The molecule has 0 fully saturated rings. The molecule has 0 unspecified atom stereocenters. The van der Waals surface area contributed by atoms with Crippen LogP contribution in [0.5, 0.6) is 5.75 Å². The minimum absolute atomic E-state index is 0.0805. The van der Waals surface area contributed by atoms with Crippen LogP contribution in [-0.4, -0.2) is 15.0 Å². The lowest BCUT2D eigenvalue weighted by Crippen LogP contribution is -2.06. The molecule has 2 aromatic carbocycles. The zero-order chi connectivity index (χ0) is 18.1. The maximum Gasteiger partial charge on any atom is 0.293 e. The van der Waals surface area contributed by atoms with Crippen LogP contribution in [0.25, 0.3) is 10.9 Å². The third kappa shape index (κ3) is 3.17. The number of hydrogen-bond donors (Lipinski definition) is 2. The van der Waals surface area contributed by atoms with Crippen molar-refractivity contribution in [2.24, 2.45) is 10.2 Å². The van der Waals surface area contributed by atoms with Crippen molar-refractivity contribution in [2.45, 2.75) is 0 Å². The van der Waals surface area contributed by atoms with Crippen molar-refractivity contribution in [3.05, 3.63) is 66.9 Å². The molecule has 0 bridgehead atoms. The first kappa shape index (κ1) is 16.9. The van der Waals surface area contributed by atoms with E-state index in [-0.39, 0.29) is 27.3 Å². The number of aromatic hydroxyl groups is 1. The van der Waals surface area contributed by atoms with Gasteiger partial charge in [0.1, 0.15) is 5.52 Å². The predicted molar refractivity (Wildman–Crippen MR) is 93.5 cm³/mol. The molecule has 8 nitrogen and oxygen atoms in total. The molecular weight excluding hydrogens is 371 g/mol. The Morgan fingerprint density at radius 2 is 1.88 bits per heavy atom. The Hall–Kier alpha value is -2.97. The fourth-order valence-electron chi connectivity index (χ4n) is 2.18. The zero-order valence-corrected chi connectivity index (χ0v) is 13.7. The average Bonchev–Trinajstić information content (AvgIpc) is 2.57. The van der Waals surface area contributed by atoms with Crippen molar-refractivity contribution in [2.75, 3.05) is 0 Å². The summed E-state index contributed by atoms with van der Waals surface area (Å²) in [5.41, 5.74) is -1.31. The van der Waals surface area contributed by atoms with E-state index in [9.17, 15) is 20.0 Å². The fraction of sp³-hybridized carbons (Fsp3) is 0. The van der Waals surface area contributed by atoms with Gasteiger partial charge < -0.3 is 10.1 Å². The summed E-state index contributed by atoms with van der Waals surface area (Å²) >= 11 is 11.7. The van der Waals surface area contributed by atoms with Crippen LogP contribution in [-0.2, 0) is 0 Å². The van der Waals surface area contributed by atoms with Gasteiger partial charge in [0.25, 0.3) is 11.2 Å². The summed E-state index contributed by atoms with van der Waals surface area (Å²) < 4.78 is 0. The van der Waals surface area contributed by atoms with Gasteiger partial charge in [-0.15, -0.1) is 5.11 Å².